The van der Waals surface area contributed by atoms with Gasteiger partial charge in [0.05, 0.1) is 18.8 Å². The number of hydrogen-bond acceptors (Lipinski definition) is 6. The van der Waals surface area contributed by atoms with E-state index in [0.29, 0.717) is 43.3 Å². The molecule has 1 aromatic carbocycles. The molecule has 3 heterocycles. The van der Waals surface area contributed by atoms with Crippen LogP contribution in [0.3, 0.4) is 0 Å². The number of fused-ring (bicyclic) bond motifs is 2. The molecule has 34 heavy (non-hydrogen) atoms. The van der Waals surface area contributed by atoms with Crippen molar-refractivity contribution in [1.29, 1.82) is 0 Å². The number of morpholine rings is 1. The number of ether oxygens (including phenoxy) is 3. The van der Waals surface area contributed by atoms with Crippen molar-refractivity contribution in [2.45, 2.75) is 51.7 Å². The van der Waals surface area contributed by atoms with Gasteiger partial charge >= 0.3 is 0 Å². The molecule has 4 rings (SSSR count). The van der Waals surface area contributed by atoms with Crippen LogP contribution in [0.25, 0.3) is 0 Å². The summed E-state index contributed by atoms with van der Waals surface area (Å²) < 4.78 is 17.7. The van der Waals surface area contributed by atoms with Gasteiger partial charge in [-0.15, -0.1) is 0 Å². The third-order valence-corrected chi connectivity index (χ3v) is 6.02. The third-order valence-electron chi connectivity index (χ3n) is 6.02. The van der Waals surface area contributed by atoms with Crippen LogP contribution >= 0.6 is 0 Å². The Morgan fingerprint density at radius 1 is 1.00 bits per heavy atom. The predicted molar refractivity (Wildman–Crippen MR) is 127 cm³/mol. The van der Waals surface area contributed by atoms with Gasteiger partial charge in [-0.1, -0.05) is 25.0 Å². The summed E-state index contributed by atoms with van der Waals surface area (Å²) in [7, 11) is 0. The number of carbonyl (C=O) groups excluding carboxylic acids is 2. The van der Waals surface area contributed by atoms with Gasteiger partial charge < -0.3 is 24.0 Å². The SMILES string of the molecule is CC1CN(C(=O)CN2CCCCCCOc3ccccc3Oc3ncccc3C2=O)CC(C)O1. The van der Waals surface area contributed by atoms with Crippen LogP contribution in [0.15, 0.2) is 42.6 Å². The average Bonchev–Trinajstić information content (AvgIpc) is 2.82. The highest BCUT2D eigenvalue weighted by Gasteiger charge is 2.29. The van der Waals surface area contributed by atoms with Crippen LogP contribution in [-0.2, 0) is 9.53 Å². The zero-order valence-electron chi connectivity index (χ0n) is 19.9. The molecule has 0 saturated carbocycles. The lowest BCUT2D eigenvalue weighted by Crippen LogP contribution is -2.51. The maximum absolute atomic E-state index is 13.6. The second kappa shape index (κ2) is 11.3. The molecule has 1 aromatic heterocycles. The highest BCUT2D eigenvalue weighted by atomic mass is 16.5. The lowest BCUT2D eigenvalue weighted by Gasteiger charge is -2.36. The van der Waals surface area contributed by atoms with Crippen molar-refractivity contribution in [3.8, 4) is 17.4 Å². The molecular weight excluding hydrogens is 434 g/mol. The summed E-state index contributed by atoms with van der Waals surface area (Å²) in [5, 5.41) is 0. The average molecular weight is 468 g/mol. The number of carbonyl (C=O) groups is 2. The first-order valence-electron chi connectivity index (χ1n) is 12.1. The number of pyridine rings is 1. The van der Waals surface area contributed by atoms with E-state index in [1.54, 1.807) is 34.2 Å². The molecule has 0 aliphatic carbocycles. The largest absolute Gasteiger partial charge is 0.490 e. The Hall–Kier alpha value is -3.13. The molecule has 2 amide bonds. The maximum Gasteiger partial charge on any atom is 0.259 e. The van der Waals surface area contributed by atoms with Gasteiger partial charge in [0.25, 0.3) is 5.91 Å². The van der Waals surface area contributed by atoms with Crippen molar-refractivity contribution in [3.63, 3.8) is 0 Å². The number of rotatable bonds is 2. The molecule has 2 aliphatic heterocycles. The molecule has 1 saturated heterocycles. The molecule has 2 aliphatic rings. The van der Waals surface area contributed by atoms with E-state index in [4.69, 9.17) is 14.2 Å². The summed E-state index contributed by atoms with van der Waals surface area (Å²) >= 11 is 0. The van der Waals surface area contributed by atoms with Crippen molar-refractivity contribution >= 4 is 11.8 Å². The zero-order chi connectivity index (χ0) is 23.9. The van der Waals surface area contributed by atoms with Gasteiger partial charge in [0, 0.05) is 25.8 Å². The van der Waals surface area contributed by atoms with Crippen LogP contribution in [0.1, 0.15) is 49.9 Å². The highest BCUT2D eigenvalue weighted by molar-refractivity contribution is 5.98. The fraction of sp³-hybridized carbons (Fsp3) is 0.500. The van der Waals surface area contributed by atoms with Crippen LogP contribution < -0.4 is 9.47 Å². The van der Waals surface area contributed by atoms with Crippen LogP contribution in [0, 0.1) is 0 Å². The first kappa shape index (κ1) is 24.0. The van der Waals surface area contributed by atoms with E-state index in [0.717, 1.165) is 25.7 Å². The van der Waals surface area contributed by atoms with E-state index in [9.17, 15) is 9.59 Å². The van der Waals surface area contributed by atoms with Crippen molar-refractivity contribution < 1.29 is 23.8 Å². The Labute approximate surface area is 200 Å². The first-order chi connectivity index (χ1) is 16.5. The highest BCUT2D eigenvalue weighted by Crippen LogP contribution is 2.32. The summed E-state index contributed by atoms with van der Waals surface area (Å²) in [6, 6.07) is 10.8. The summed E-state index contributed by atoms with van der Waals surface area (Å²) in [6.45, 7) is 6.09. The molecule has 182 valence electrons. The van der Waals surface area contributed by atoms with Crippen LogP contribution in [0.4, 0.5) is 0 Å². The molecule has 1 fully saturated rings. The number of benzene rings is 1. The molecule has 0 bridgehead atoms. The van der Waals surface area contributed by atoms with Gasteiger partial charge in [-0.25, -0.2) is 4.98 Å². The molecule has 8 nitrogen and oxygen atoms in total. The zero-order valence-corrected chi connectivity index (χ0v) is 19.9. The van der Waals surface area contributed by atoms with Crippen LogP contribution in [0.2, 0.25) is 0 Å². The second-order valence-electron chi connectivity index (χ2n) is 8.95. The Morgan fingerprint density at radius 3 is 2.53 bits per heavy atom. The minimum absolute atomic E-state index is 0.0201. The van der Waals surface area contributed by atoms with Crippen molar-refractivity contribution in [1.82, 2.24) is 14.8 Å². The number of nitrogens with zero attached hydrogens (tertiary/aromatic N) is 3. The fourth-order valence-electron chi connectivity index (χ4n) is 4.40. The Balaban J connectivity index is 1.59. The number of hydrogen-bond donors (Lipinski definition) is 0. The van der Waals surface area contributed by atoms with E-state index < -0.39 is 0 Å². The molecule has 2 aromatic rings. The maximum atomic E-state index is 13.6. The van der Waals surface area contributed by atoms with Crippen molar-refractivity contribution in [3.05, 3.63) is 48.2 Å². The lowest BCUT2D eigenvalue weighted by molar-refractivity contribution is -0.143. The van der Waals surface area contributed by atoms with E-state index in [-0.39, 0.29) is 36.4 Å². The fourth-order valence-corrected chi connectivity index (χ4v) is 4.40. The van der Waals surface area contributed by atoms with E-state index in [1.807, 2.05) is 32.0 Å². The molecule has 2 unspecified atom stereocenters. The quantitative estimate of drug-likeness (QED) is 0.666. The number of amides is 2. The molecule has 0 N–H and O–H groups in total. The molecular formula is C26H33N3O5. The van der Waals surface area contributed by atoms with Crippen molar-refractivity contribution in [2.24, 2.45) is 0 Å². The Bertz CT molecular complexity index is 988. The van der Waals surface area contributed by atoms with Crippen LogP contribution in [-0.4, -0.2) is 71.6 Å². The molecule has 0 radical (unpaired) electrons. The van der Waals surface area contributed by atoms with Crippen LogP contribution in [0.5, 0.6) is 17.4 Å². The molecule has 2 atom stereocenters. The van der Waals surface area contributed by atoms with Gasteiger partial charge in [0.2, 0.25) is 11.8 Å². The van der Waals surface area contributed by atoms with Crippen molar-refractivity contribution in [2.75, 3.05) is 32.8 Å². The van der Waals surface area contributed by atoms with E-state index in [2.05, 4.69) is 4.98 Å². The Kier molecular flexibility index (Phi) is 8.00. The summed E-state index contributed by atoms with van der Waals surface area (Å²) in [6.07, 6.45) is 5.18. The number of para-hydroxylation sites is 2. The van der Waals surface area contributed by atoms with Gasteiger partial charge in [0.1, 0.15) is 12.1 Å². The minimum atomic E-state index is -0.263. The van der Waals surface area contributed by atoms with Gasteiger partial charge in [-0.05, 0) is 51.0 Å². The summed E-state index contributed by atoms with van der Waals surface area (Å²) in [5.41, 5.74) is 0.325. The monoisotopic (exact) mass is 467 g/mol. The van der Waals surface area contributed by atoms with Gasteiger partial charge in [0.15, 0.2) is 11.5 Å². The van der Waals surface area contributed by atoms with Gasteiger partial charge in [-0.2, -0.15) is 0 Å². The Morgan fingerprint density at radius 2 is 1.74 bits per heavy atom. The minimum Gasteiger partial charge on any atom is -0.490 e. The summed E-state index contributed by atoms with van der Waals surface area (Å²) in [4.78, 5) is 34.6. The smallest absolute Gasteiger partial charge is 0.259 e. The second-order valence-corrected chi connectivity index (χ2v) is 8.95. The molecule has 0 spiro atoms. The van der Waals surface area contributed by atoms with E-state index in [1.165, 1.54) is 0 Å². The van der Waals surface area contributed by atoms with Gasteiger partial charge in [-0.3, -0.25) is 9.59 Å². The summed E-state index contributed by atoms with van der Waals surface area (Å²) in [5.74, 6) is 0.993. The topological polar surface area (TPSA) is 81.2 Å². The standard InChI is InChI=1S/C26H33N3O5/c1-19-16-29(17-20(2)33-19)24(30)18-28-14-7-3-4-8-15-32-22-11-5-6-12-23(22)34-25-21(26(28)31)10-9-13-27-25/h5-6,9-13,19-20H,3-4,7-8,14-18H2,1-2H3. The number of aromatic nitrogens is 1. The normalized spacial score (nSPS) is 22.0. The van der Waals surface area contributed by atoms with E-state index >= 15 is 0 Å². The third kappa shape index (κ3) is 6.05. The predicted octanol–water partition coefficient (Wildman–Crippen LogP) is 3.90. The lowest BCUT2D eigenvalue weighted by atomic mass is 10.1. The molecule has 8 heteroatoms. The first-order valence-corrected chi connectivity index (χ1v) is 12.1.